The van der Waals surface area contributed by atoms with Crippen LogP contribution in [0.5, 0.6) is 0 Å². The van der Waals surface area contributed by atoms with Crippen LogP contribution >= 0.6 is 0 Å². The highest BCUT2D eigenvalue weighted by Gasteiger charge is 2.15. The molecule has 1 aromatic heterocycles. The maximum absolute atomic E-state index is 12.0. The fourth-order valence-corrected chi connectivity index (χ4v) is 2.15. The number of rotatable bonds is 3. The number of hydrogen-bond donors (Lipinski definition) is 1. The molecule has 17 heavy (non-hydrogen) atoms. The van der Waals surface area contributed by atoms with Crippen molar-refractivity contribution >= 4 is 5.91 Å². The van der Waals surface area contributed by atoms with Gasteiger partial charge < -0.3 is 14.6 Å². The van der Waals surface area contributed by atoms with Gasteiger partial charge in [0.2, 0.25) is 5.91 Å². The molecule has 0 spiro atoms. The molecule has 1 fully saturated rings. The van der Waals surface area contributed by atoms with Gasteiger partial charge in [-0.3, -0.25) is 4.79 Å². The molecule has 1 N–H and O–H groups in total. The zero-order valence-electron chi connectivity index (χ0n) is 10.0. The van der Waals surface area contributed by atoms with Crippen LogP contribution in [-0.2, 0) is 17.9 Å². The number of carbonyl (C=O) groups is 1. The summed E-state index contributed by atoms with van der Waals surface area (Å²) in [7, 11) is 0. The summed E-state index contributed by atoms with van der Waals surface area (Å²) in [5.74, 6) is 0.147. The van der Waals surface area contributed by atoms with E-state index in [0.29, 0.717) is 12.2 Å². The lowest BCUT2D eigenvalue weighted by molar-refractivity contribution is -0.131. The summed E-state index contributed by atoms with van der Waals surface area (Å²) < 4.78 is 1.73. The van der Waals surface area contributed by atoms with Crippen LogP contribution in [0.25, 0.3) is 0 Å². The van der Waals surface area contributed by atoms with Crippen LogP contribution < -0.4 is 0 Å². The molecular formula is C12H19N3O2. The zero-order valence-corrected chi connectivity index (χ0v) is 10.0. The molecule has 0 bridgehead atoms. The first kappa shape index (κ1) is 12.1. The van der Waals surface area contributed by atoms with Gasteiger partial charge in [0.15, 0.2) is 0 Å². The standard InChI is InChI=1S/C12H19N3O2/c16-9-11-7-14(10-13-11)8-12(17)15-5-3-1-2-4-6-15/h7,10,16H,1-6,8-9H2. The Kier molecular flexibility index (Phi) is 4.14. The molecule has 1 aliphatic rings. The first-order chi connectivity index (χ1) is 8.29. The molecule has 1 aliphatic heterocycles. The fourth-order valence-electron chi connectivity index (χ4n) is 2.15. The van der Waals surface area contributed by atoms with E-state index < -0.39 is 0 Å². The van der Waals surface area contributed by atoms with Gasteiger partial charge >= 0.3 is 0 Å². The highest BCUT2D eigenvalue weighted by atomic mass is 16.3. The number of aliphatic hydroxyl groups is 1. The summed E-state index contributed by atoms with van der Waals surface area (Å²) in [6, 6.07) is 0. The Labute approximate surface area is 101 Å². The van der Waals surface area contributed by atoms with Gasteiger partial charge in [0, 0.05) is 19.3 Å². The lowest BCUT2D eigenvalue weighted by Crippen LogP contribution is -2.34. The Morgan fingerprint density at radius 2 is 2.00 bits per heavy atom. The quantitative estimate of drug-likeness (QED) is 0.845. The number of aliphatic hydroxyl groups excluding tert-OH is 1. The molecule has 0 saturated carbocycles. The minimum absolute atomic E-state index is 0.0785. The average molecular weight is 237 g/mol. The first-order valence-corrected chi connectivity index (χ1v) is 6.19. The van der Waals surface area contributed by atoms with E-state index in [1.807, 2.05) is 4.90 Å². The van der Waals surface area contributed by atoms with Gasteiger partial charge in [0.05, 0.1) is 18.6 Å². The second-order valence-electron chi connectivity index (χ2n) is 4.49. The third-order valence-electron chi connectivity index (χ3n) is 3.13. The smallest absolute Gasteiger partial charge is 0.242 e. The van der Waals surface area contributed by atoms with Gasteiger partial charge in [-0.15, -0.1) is 0 Å². The maximum atomic E-state index is 12.0. The molecule has 0 radical (unpaired) electrons. The number of likely N-dealkylation sites (tertiary alicyclic amines) is 1. The van der Waals surface area contributed by atoms with E-state index in [-0.39, 0.29) is 12.5 Å². The Morgan fingerprint density at radius 1 is 1.29 bits per heavy atom. The summed E-state index contributed by atoms with van der Waals surface area (Å²) >= 11 is 0. The molecule has 1 saturated heterocycles. The molecule has 0 aliphatic carbocycles. The van der Waals surface area contributed by atoms with Crippen molar-refractivity contribution in [3.63, 3.8) is 0 Å². The minimum Gasteiger partial charge on any atom is -0.390 e. The van der Waals surface area contributed by atoms with Crippen molar-refractivity contribution in [3.8, 4) is 0 Å². The first-order valence-electron chi connectivity index (χ1n) is 6.19. The molecule has 0 unspecified atom stereocenters. The molecule has 1 aromatic rings. The monoisotopic (exact) mass is 237 g/mol. The largest absolute Gasteiger partial charge is 0.390 e. The van der Waals surface area contributed by atoms with Crippen LogP contribution in [0.3, 0.4) is 0 Å². The highest BCUT2D eigenvalue weighted by Crippen LogP contribution is 2.10. The maximum Gasteiger partial charge on any atom is 0.242 e. The summed E-state index contributed by atoms with van der Waals surface area (Å²) in [4.78, 5) is 18.0. The van der Waals surface area contributed by atoms with Gasteiger partial charge in [0.25, 0.3) is 0 Å². The normalized spacial score (nSPS) is 16.9. The van der Waals surface area contributed by atoms with Crippen molar-refractivity contribution in [1.82, 2.24) is 14.5 Å². The number of aromatic nitrogens is 2. The van der Waals surface area contributed by atoms with Crippen LogP contribution in [-0.4, -0.2) is 38.6 Å². The Hall–Kier alpha value is -1.36. The molecule has 0 atom stereocenters. The van der Waals surface area contributed by atoms with E-state index in [1.54, 1.807) is 17.1 Å². The highest BCUT2D eigenvalue weighted by molar-refractivity contribution is 5.76. The average Bonchev–Trinajstić information content (AvgIpc) is 2.62. The number of carbonyl (C=O) groups excluding carboxylic acids is 1. The predicted octanol–water partition coefficient (Wildman–Crippen LogP) is 0.778. The molecule has 94 valence electrons. The van der Waals surface area contributed by atoms with Gasteiger partial charge in [-0.25, -0.2) is 4.98 Å². The Balaban J connectivity index is 1.90. The number of amides is 1. The molecule has 2 rings (SSSR count). The van der Waals surface area contributed by atoms with Gasteiger partial charge in [-0.1, -0.05) is 12.8 Å². The molecule has 1 amide bonds. The minimum atomic E-state index is -0.0785. The summed E-state index contributed by atoms with van der Waals surface area (Å²) in [6.45, 7) is 2.00. The Morgan fingerprint density at radius 3 is 2.59 bits per heavy atom. The molecule has 5 nitrogen and oxygen atoms in total. The van der Waals surface area contributed by atoms with E-state index in [4.69, 9.17) is 5.11 Å². The van der Waals surface area contributed by atoms with Gasteiger partial charge in [-0.05, 0) is 12.8 Å². The van der Waals surface area contributed by atoms with Crippen LogP contribution in [0.4, 0.5) is 0 Å². The number of imidazole rings is 1. The van der Waals surface area contributed by atoms with Crippen LogP contribution in [0.1, 0.15) is 31.4 Å². The summed E-state index contributed by atoms with van der Waals surface area (Å²) in [5.41, 5.74) is 0.605. The second kappa shape index (κ2) is 5.82. The summed E-state index contributed by atoms with van der Waals surface area (Å²) in [6.07, 6.45) is 7.99. The predicted molar refractivity (Wildman–Crippen MR) is 63.2 cm³/mol. The Bertz CT molecular complexity index is 368. The molecule has 0 aromatic carbocycles. The number of hydrogen-bond acceptors (Lipinski definition) is 3. The molecular weight excluding hydrogens is 218 g/mol. The lowest BCUT2D eigenvalue weighted by Gasteiger charge is -2.20. The molecule has 5 heteroatoms. The van der Waals surface area contributed by atoms with Crippen molar-refractivity contribution in [2.24, 2.45) is 0 Å². The van der Waals surface area contributed by atoms with E-state index >= 15 is 0 Å². The topological polar surface area (TPSA) is 58.4 Å². The van der Waals surface area contributed by atoms with Crippen LogP contribution in [0.15, 0.2) is 12.5 Å². The lowest BCUT2D eigenvalue weighted by atomic mass is 10.2. The van der Waals surface area contributed by atoms with Gasteiger partial charge in [0.1, 0.15) is 6.54 Å². The van der Waals surface area contributed by atoms with Crippen molar-refractivity contribution in [2.75, 3.05) is 13.1 Å². The van der Waals surface area contributed by atoms with E-state index in [9.17, 15) is 4.79 Å². The van der Waals surface area contributed by atoms with Crippen molar-refractivity contribution in [2.45, 2.75) is 38.8 Å². The van der Waals surface area contributed by atoms with Crippen molar-refractivity contribution in [3.05, 3.63) is 18.2 Å². The van der Waals surface area contributed by atoms with E-state index in [0.717, 1.165) is 25.9 Å². The molecule has 2 heterocycles. The number of nitrogens with zero attached hydrogens (tertiary/aromatic N) is 3. The zero-order chi connectivity index (χ0) is 12.1. The van der Waals surface area contributed by atoms with E-state index in [1.165, 1.54) is 12.8 Å². The second-order valence-corrected chi connectivity index (χ2v) is 4.49. The van der Waals surface area contributed by atoms with Crippen molar-refractivity contribution < 1.29 is 9.90 Å². The SMILES string of the molecule is O=C(Cn1cnc(CO)c1)N1CCCCCC1. The summed E-state index contributed by atoms with van der Waals surface area (Å²) in [5, 5.41) is 8.90. The third-order valence-corrected chi connectivity index (χ3v) is 3.13. The van der Waals surface area contributed by atoms with Crippen LogP contribution in [0.2, 0.25) is 0 Å². The third kappa shape index (κ3) is 3.30. The fraction of sp³-hybridized carbons (Fsp3) is 0.667. The van der Waals surface area contributed by atoms with Crippen LogP contribution in [0, 0.1) is 0 Å². The van der Waals surface area contributed by atoms with Crippen molar-refractivity contribution in [1.29, 1.82) is 0 Å². The van der Waals surface area contributed by atoms with E-state index in [2.05, 4.69) is 4.98 Å². The van der Waals surface area contributed by atoms with Gasteiger partial charge in [-0.2, -0.15) is 0 Å².